The Morgan fingerprint density at radius 3 is 2.67 bits per heavy atom. The highest BCUT2D eigenvalue weighted by Crippen LogP contribution is 2.22. The monoisotopic (exact) mass is 255 g/mol. The predicted molar refractivity (Wildman–Crippen MR) is 68.3 cm³/mol. The van der Waals surface area contributed by atoms with Gasteiger partial charge in [0, 0.05) is 15.3 Å². The molecule has 0 aliphatic heterocycles. The zero-order chi connectivity index (χ0) is 10.8. The molecule has 2 aromatic rings. The third kappa shape index (κ3) is 2.68. The van der Waals surface area contributed by atoms with E-state index in [9.17, 15) is 0 Å². The first-order valence-corrected chi connectivity index (χ1v) is 6.59. The SMILES string of the molecule is Cc1cs/c(=N\c2ccc(Cl)cc2C)s1. The van der Waals surface area contributed by atoms with Gasteiger partial charge in [-0.25, -0.2) is 4.99 Å². The van der Waals surface area contributed by atoms with Crippen LogP contribution in [0.25, 0.3) is 0 Å². The van der Waals surface area contributed by atoms with Gasteiger partial charge in [-0.05, 0) is 37.6 Å². The number of rotatable bonds is 1. The lowest BCUT2D eigenvalue weighted by atomic mass is 10.2. The average molecular weight is 256 g/mol. The minimum atomic E-state index is 0.762. The molecule has 2 rings (SSSR count). The molecule has 0 bridgehead atoms. The number of nitrogens with zero attached hydrogens (tertiary/aromatic N) is 1. The molecule has 1 nitrogen and oxygen atoms in total. The van der Waals surface area contributed by atoms with Gasteiger partial charge in [0.2, 0.25) is 0 Å². The first-order valence-electron chi connectivity index (χ1n) is 4.51. The zero-order valence-electron chi connectivity index (χ0n) is 8.45. The molecule has 0 radical (unpaired) electrons. The van der Waals surface area contributed by atoms with Crippen LogP contribution in [0.15, 0.2) is 28.6 Å². The maximum Gasteiger partial charge on any atom is 0.171 e. The van der Waals surface area contributed by atoms with E-state index >= 15 is 0 Å². The first-order chi connectivity index (χ1) is 7.15. The maximum absolute atomic E-state index is 5.89. The third-order valence-electron chi connectivity index (χ3n) is 1.94. The lowest BCUT2D eigenvalue weighted by Crippen LogP contribution is -1.85. The Balaban J connectivity index is 2.48. The smallest absolute Gasteiger partial charge is 0.171 e. The topological polar surface area (TPSA) is 12.4 Å². The largest absolute Gasteiger partial charge is 0.227 e. The Bertz CT molecular complexity index is 540. The Morgan fingerprint density at radius 2 is 2.07 bits per heavy atom. The van der Waals surface area contributed by atoms with Crippen molar-refractivity contribution in [3.8, 4) is 0 Å². The minimum Gasteiger partial charge on any atom is -0.227 e. The molecule has 1 heterocycles. The highest BCUT2D eigenvalue weighted by atomic mass is 35.5. The van der Waals surface area contributed by atoms with Crippen molar-refractivity contribution in [1.29, 1.82) is 0 Å². The van der Waals surface area contributed by atoms with Crippen LogP contribution < -0.4 is 3.98 Å². The molecule has 0 saturated carbocycles. The Morgan fingerprint density at radius 1 is 1.27 bits per heavy atom. The average Bonchev–Trinajstić information content (AvgIpc) is 2.56. The van der Waals surface area contributed by atoms with E-state index in [0.29, 0.717) is 0 Å². The predicted octanol–water partition coefficient (Wildman–Crippen LogP) is 4.31. The Labute approximate surface area is 102 Å². The second-order valence-electron chi connectivity index (χ2n) is 3.26. The zero-order valence-corrected chi connectivity index (χ0v) is 10.8. The van der Waals surface area contributed by atoms with Gasteiger partial charge < -0.3 is 0 Å². The number of benzene rings is 1. The van der Waals surface area contributed by atoms with E-state index in [4.69, 9.17) is 11.6 Å². The lowest BCUT2D eigenvalue weighted by molar-refractivity contribution is 1.36. The van der Waals surface area contributed by atoms with Gasteiger partial charge in [-0.3, -0.25) is 0 Å². The molecule has 0 saturated heterocycles. The highest BCUT2D eigenvalue weighted by molar-refractivity contribution is 7.26. The van der Waals surface area contributed by atoms with Crippen molar-refractivity contribution in [1.82, 2.24) is 0 Å². The van der Waals surface area contributed by atoms with E-state index in [-0.39, 0.29) is 0 Å². The van der Waals surface area contributed by atoms with Gasteiger partial charge in [-0.1, -0.05) is 11.6 Å². The maximum atomic E-state index is 5.89. The molecule has 0 N–H and O–H groups in total. The van der Waals surface area contributed by atoms with Gasteiger partial charge in [-0.15, -0.1) is 22.7 Å². The highest BCUT2D eigenvalue weighted by Gasteiger charge is 1.97. The minimum absolute atomic E-state index is 0.762. The van der Waals surface area contributed by atoms with Crippen LogP contribution in [0, 0.1) is 13.8 Å². The summed E-state index contributed by atoms with van der Waals surface area (Å²) in [5.74, 6) is 0. The summed E-state index contributed by atoms with van der Waals surface area (Å²) in [5.41, 5.74) is 2.11. The van der Waals surface area contributed by atoms with E-state index < -0.39 is 0 Å². The molecule has 1 aromatic carbocycles. The summed E-state index contributed by atoms with van der Waals surface area (Å²) in [6.45, 7) is 4.12. The molecule has 0 fully saturated rings. The molecule has 15 heavy (non-hydrogen) atoms. The van der Waals surface area contributed by atoms with Gasteiger partial charge in [0.15, 0.2) is 3.98 Å². The van der Waals surface area contributed by atoms with Crippen LogP contribution >= 0.6 is 34.3 Å². The van der Waals surface area contributed by atoms with Crippen molar-refractivity contribution in [3.63, 3.8) is 0 Å². The fourth-order valence-corrected chi connectivity index (χ4v) is 3.34. The molecule has 0 aliphatic carbocycles. The van der Waals surface area contributed by atoms with Crippen molar-refractivity contribution >= 4 is 40.0 Å². The van der Waals surface area contributed by atoms with Crippen LogP contribution in [0.5, 0.6) is 0 Å². The lowest BCUT2D eigenvalue weighted by Gasteiger charge is -1.98. The number of aryl methyl sites for hydroxylation is 2. The summed E-state index contributed by atoms with van der Waals surface area (Å²) in [6.07, 6.45) is 0. The van der Waals surface area contributed by atoms with Crippen LogP contribution in [0.3, 0.4) is 0 Å². The number of hydrogen-bond donors (Lipinski definition) is 0. The van der Waals surface area contributed by atoms with Gasteiger partial charge in [-0.2, -0.15) is 0 Å². The second-order valence-corrected chi connectivity index (χ2v) is 6.04. The summed E-state index contributed by atoms with van der Waals surface area (Å²) in [5, 5.41) is 2.88. The van der Waals surface area contributed by atoms with Crippen molar-refractivity contribution in [2.75, 3.05) is 0 Å². The standard InChI is InChI=1S/C11H10ClNS2/c1-7-5-9(12)3-4-10(7)13-11-14-6-8(2)15-11/h3-6H,1-2H3/b13-11+. The number of hydrogen-bond acceptors (Lipinski definition) is 3. The van der Waals surface area contributed by atoms with Gasteiger partial charge in [0.25, 0.3) is 0 Å². The quantitative estimate of drug-likeness (QED) is 0.720. The van der Waals surface area contributed by atoms with Crippen LogP contribution in [-0.4, -0.2) is 0 Å². The Hall–Kier alpha value is -0.640. The molecule has 78 valence electrons. The van der Waals surface area contributed by atoms with Gasteiger partial charge >= 0.3 is 0 Å². The molecular formula is C11H10ClNS2. The molecule has 0 amide bonds. The fourth-order valence-electron chi connectivity index (χ4n) is 1.21. The molecule has 0 unspecified atom stereocenters. The van der Waals surface area contributed by atoms with E-state index in [1.165, 1.54) is 4.88 Å². The van der Waals surface area contributed by atoms with Crippen LogP contribution in [0.2, 0.25) is 5.02 Å². The molecule has 1 aromatic heterocycles. The Kier molecular flexibility index (Phi) is 3.24. The molecule has 0 aliphatic rings. The van der Waals surface area contributed by atoms with E-state index in [0.717, 1.165) is 20.3 Å². The van der Waals surface area contributed by atoms with Crippen molar-refractivity contribution in [3.05, 3.63) is 43.0 Å². The first kappa shape index (κ1) is 10.9. The summed E-state index contributed by atoms with van der Waals surface area (Å²) >= 11 is 9.28. The van der Waals surface area contributed by atoms with Gasteiger partial charge in [0.1, 0.15) is 0 Å². The normalized spacial score (nSPS) is 12.1. The van der Waals surface area contributed by atoms with Crippen molar-refractivity contribution < 1.29 is 0 Å². The summed E-state index contributed by atoms with van der Waals surface area (Å²) in [7, 11) is 0. The summed E-state index contributed by atoms with van der Waals surface area (Å²) < 4.78 is 1.08. The molecule has 0 atom stereocenters. The van der Waals surface area contributed by atoms with E-state index in [1.807, 2.05) is 25.1 Å². The molecule has 0 spiro atoms. The van der Waals surface area contributed by atoms with Crippen LogP contribution in [0.1, 0.15) is 10.4 Å². The van der Waals surface area contributed by atoms with Crippen molar-refractivity contribution in [2.45, 2.75) is 13.8 Å². The van der Waals surface area contributed by atoms with Crippen LogP contribution in [-0.2, 0) is 0 Å². The van der Waals surface area contributed by atoms with Crippen molar-refractivity contribution in [2.24, 2.45) is 4.99 Å². The van der Waals surface area contributed by atoms with E-state index in [2.05, 4.69) is 17.3 Å². The van der Waals surface area contributed by atoms with Gasteiger partial charge in [0.05, 0.1) is 5.69 Å². The summed E-state index contributed by atoms with van der Waals surface area (Å²) in [6, 6.07) is 5.77. The third-order valence-corrected chi connectivity index (χ3v) is 4.34. The van der Waals surface area contributed by atoms with Crippen LogP contribution in [0.4, 0.5) is 5.69 Å². The molecule has 4 heteroatoms. The molecular weight excluding hydrogens is 246 g/mol. The fraction of sp³-hybridized carbons (Fsp3) is 0.182. The number of halogens is 1. The van der Waals surface area contributed by atoms with E-state index in [1.54, 1.807) is 22.7 Å². The second kappa shape index (κ2) is 4.47. The summed E-state index contributed by atoms with van der Waals surface area (Å²) in [4.78, 5) is 5.88.